The lowest BCUT2D eigenvalue weighted by molar-refractivity contribution is 0.291. The minimum Gasteiger partial charge on any atom is -0.363 e. The second-order valence-electron chi connectivity index (χ2n) is 7.73. The summed E-state index contributed by atoms with van der Waals surface area (Å²) >= 11 is 7.41. The van der Waals surface area contributed by atoms with Crippen LogP contribution in [0.3, 0.4) is 0 Å². The Kier molecular flexibility index (Phi) is 8.95. The van der Waals surface area contributed by atoms with Crippen LogP contribution in [0.4, 0.5) is 0 Å². The number of thiophene rings is 1. The van der Waals surface area contributed by atoms with E-state index in [2.05, 4.69) is 56.6 Å². The number of nitrogens with zero attached hydrogens (tertiary/aromatic N) is 4. The van der Waals surface area contributed by atoms with Gasteiger partial charge < -0.3 is 19.7 Å². The number of hydrogen-bond donors (Lipinski definition) is 1. The van der Waals surface area contributed by atoms with Gasteiger partial charge in [0.2, 0.25) is 0 Å². The summed E-state index contributed by atoms with van der Waals surface area (Å²) in [7, 11) is 0. The van der Waals surface area contributed by atoms with E-state index in [9.17, 15) is 0 Å². The highest BCUT2D eigenvalue weighted by atomic mass is 32.1. The number of imidazole rings is 1. The summed E-state index contributed by atoms with van der Waals surface area (Å²) in [6.45, 7) is 11.8. The summed E-state index contributed by atoms with van der Waals surface area (Å²) in [5, 5.41) is 8.78. The molecule has 3 rings (SSSR count). The lowest BCUT2D eigenvalue weighted by Crippen LogP contribution is -2.44. The van der Waals surface area contributed by atoms with Crippen molar-refractivity contribution in [3.05, 3.63) is 40.6 Å². The molecule has 1 saturated heterocycles. The fourth-order valence-corrected chi connectivity index (χ4v) is 5.03. The summed E-state index contributed by atoms with van der Waals surface area (Å²) in [5.74, 6) is 1.78. The van der Waals surface area contributed by atoms with Crippen LogP contribution in [0.2, 0.25) is 0 Å². The monoisotopic (exact) mass is 433 g/mol. The SMILES string of the molecule is CCN(CC)CCCNC(=S)N1CCC(c2nccn2CCc2ccsc2)CC1. The fraction of sp³-hybridized carbons (Fsp3) is 0.636. The van der Waals surface area contributed by atoms with E-state index >= 15 is 0 Å². The van der Waals surface area contributed by atoms with E-state index in [1.165, 1.54) is 11.4 Å². The van der Waals surface area contributed by atoms with Crippen LogP contribution in [0.5, 0.6) is 0 Å². The molecule has 1 fully saturated rings. The number of likely N-dealkylation sites (tertiary alicyclic amines) is 1. The van der Waals surface area contributed by atoms with Crippen molar-refractivity contribution in [3.63, 3.8) is 0 Å². The Balaban J connectivity index is 1.40. The van der Waals surface area contributed by atoms with Crippen molar-refractivity contribution in [1.29, 1.82) is 0 Å². The lowest BCUT2D eigenvalue weighted by atomic mass is 9.96. The van der Waals surface area contributed by atoms with Crippen LogP contribution in [0, 0.1) is 0 Å². The van der Waals surface area contributed by atoms with Crippen molar-refractivity contribution < 1.29 is 0 Å². The number of aromatic nitrogens is 2. The average molecular weight is 434 g/mol. The van der Waals surface area contributed by atoms with E-state index in [1.54, 1.807) is 11.3 Å². The van der Waals surface area contributed by atoms with Crippen molar-refractivity contribution in [1.82, 2.24) is 24.7 Å². The van der Waals surface area contributed by atoms with Gasteiger partial charge in [-0.15, -0.1) is 0 Å². The molecule has 2 aromatic heterocycles. The van der Waals surface area contributed by atoms with Crippen molar-refractivity contribution in [2.75, 3.05) is 39.3 Å². The quantitative estimate of drug-likeness (QED) is 0.453. The van der Waals surface area contributed by atoms with Gasteiger partial charge in [0.05, 0.1) is 0 Å². The largest absolute Gasteiger partial charge is 0.363 e. The Hall–Kier alpha value is -1.44. The number of hydrogen-bond acceptors (Lipinski definition) is 4. The van der Waals surface area contributed by atoms with Crippen LogP contribution in [0.1, 0.15) is 50.4 Å². The van der Waals surface area contributed by atoms with E-state index in [0.29, 0.717) is 5.92 Å². The molecule has 1 aliphatic rings. The number of aryl methyl sites for hydroxylation is 2. The summed E-state index contributed by atoms with van der Waals surface area (Å²) in [6, 6.07) is 2.22. The van der Waals surface area contributed by atoms with Gasteiger partial charge in [0.1, 0.15) is 5.82 Å². The van der Waals surface area contributed by atoms with E-state index in [0.717, 1.165) is 76.6 Å². The molecular formula is C22H35N5S2. The van der Waals surface area contributed by atoms with Crippen molar-refractivity contribution >= 4 is 28.7 Å². The zero-order valence-corrected chi connectivity index (χ0v) is 19.5. The minimum absolute atomic E-state index is 0.536. The van der Waals surface area contributed by atoms with Gasteiger partial charge >= 0.3 is 0 Å². The Morgan fingerprint density at radius 3 is 2.79 bits per heavy atom. The molecule has 7 heteroatoms. The van der Waals surface area contributed by atoms with E-state index < -0.39 is 0 Å². The first kappa shape index (κ1) is 22.2. The topological polar surface area (TPSA) is 36.3 Å². The predicted molar refractivity (Wildman–Crippen MR) is 127 cm³/mol. The van der Waals surface area contributed by atoms with Crippen LogP contribution in [0.25, 0.3) is 0 Å². The molecule has 160 valence electrons. The Labute approximate surface area is 185 Å². The molecule has 3 heterocycles. The summed E-state index contributed by atoms with van der Waals surface area (Å²) in [6.07, 6.45) is 8.55. The zero-order chi connectivity index (χ0) is 20.5. The third-order valence-electron chi connectivity index (χ3n) is 5.94. The summed E-state index contributed by atoms with van der Waals surface area (Å²) in [4.78, 5) is 9.49. The maximum atomic E-state index is 5.64. The van der Waals surface area contributed by atoms with Gasteiger partial charge in [0.25, 0.3) is 0 Å². The van der Waals surface area contributed by atoms with Crippen LogP contribution in [0.15, 0.2) is 29.2 Å². The number of piperidine rings is 1. The van der Waals surface area contributed by atoms with Crippen molar-refractivity contribution in [2.24, 2.45) is 0 Å². The normalized spacial score (nSPS) is 15.2. The molecule has 0 saturated carbocycles. The number of rotatable bonds is 10. The van der Waals surface area contributed by atoms with Gasteiger partial charge in [-0.3, -0.25) is 0 Å². The highest BCUT2D eigenvalue weighted by Crippen LogP contribution is 2.27. The van der Waals surface area contributed by atoms with Crippen molar-refractivity contribution in [3.8, 4) is 0 Å². The Bertz CT molecular complexity index is 715. The van der Waals surface area contributed by atoms with Crippen molar-refractivity contribution in [2.45, 2.75) is 52.0 Å². The fourth-order valence-electron chi connectivity index (χ4n) is 4.04. The van der Waals surface area contributed by atoms with Gasteiger partial charge in [0, 0.05) is 44.5 Å². The predicted octanol–water partition coefficient (Wildman–Crippen LogP) is 3.97. The maximum absolute atomic E-state index is 5.64. The van der Waals surface area contributed by atoms with E-state index in [1.807, 2.05) is 6.20 Å². The summed E-state index contributed by atoms with van der Waals surface area (Å²) in [5.41, 5.74) is 1.42. The first-order valence-corrected chi connectivity index (χ1v) is 12.3. The molecule has 0 amide bonds. The average Bonchev–Trinajstić information content (AvgIpc) is 3.44. The van der Waals surface area contributed by atoms with E-state index in [-0.39, 0.29) is 0 Å². The second-order valence-corrected chi connectivity index (χ2v) is 8.90. The van der Waals surface area contributed by atoms with Crippen LogP contribution < -0.4 is 5.32 Å². The van der Waals surface area contributed by atoms with Crippen LogP contribution in [-0.2, 0) is 13.0 Å². The van der Waals surface area contributed by atoms with Gasteiger partial charge in [-0.05, 0) is 79.9 Å². The third kappa shape index (κ3) is 6.52. The molecule has 0 aromatic carbocycles. The molecule has 0 aliphatic carbocycles. The first-order valence-electron chi connectivity index (χ1n) is 11.0. The Morgan fingerprint density at radius 1 is 1.31 bits per heavy atom. The highest BCUT2D eigenvalue weighted by Gasteiger charge is 2.25. The first-order chi connectivity index (χ1) is 14.2. The molecule has 1 aliphatic heterocycles. The Morgan fingerprint density at radius 2 is 2.10 bits per heavy atom. The molecule has 0 unspecified atom stereocenters. The molecule has 0 radical (unpaired) electrons. The van der Waals surface area contributed by atoms with Crippen LogP contribution >= 0.6 is 23.6 Å². The van der Waals surface area contributed by atoms with Gasteiger partial charge in [-0.1, -0.05) is 13.8 Å². The molecule has 1 N–H and O–H groups in total. The molecule has 29 heavy (non-hydrogen) atoms. The standard InChI is InChI=1S/C22H35N5S2/c1-3-25(4-2)12-5-10-24-22(28)27-14-7-20(8-15-27)21-23-11-16-26(21)13-6-19-9-17-29-18-19/h9,11,16-18,20H,3-8,10,12-15H2,1-2H3,(H,24,28). The zero-order valence-electron chi connectivity index (χ0n) is 17.8. The molecular weight excluding hydrogens is 398 g/mol. The third-order valence-corrected chi connectivity index (χ3v) is 7.07. The molecule has 2 aromatic rings. The van der Waals surface area contributed by atoms with Gasteiger partial charge in [-0.25, -0.2) is 4.98 Å². The van der Waals surface area contributed by atoms with Gasteiger partial charge in [-0.2, -0.15) is 11.3 Å². The molecule has 0 atom stereocenters. The molecule has 0 bridgehead atoms. The van der Waals surface area contributed by atoms with Crippen LogP contribution in [-0.4, -0.2) is 63.7 Å². The molecule has 0 spiro atoms. The molecule has 5 nitrogen and oxygen atoms in total. The second kappa shape index (κ2) is 11.7. The minimum atomic E-state index is 0.536. The lowest BCUT2D eigenvalue weighted by Gasteiger charge is -2.34. The van der Waals surface area contributed by atoms with E-state index in [4.69, 9.17) is 17.2 Å². The highest BCUT2D eigenvalue weighted by molar-refractivity contribution is 7.80. The maximum Gasteiger partial charge on any atom is 0.168 e. The van der Waals surface area contributed by atoms with Gasteiger partial charge in [0.15, 0.2) is 5.11 Å². The summed E-state index contributed by atoms with van der Waals surface area (Å²) < 4.78 is 2.35. The number of thiocarbonyl (C=S) groups is 1. The smallest absolute Gasteiger partial charge is 0.168 e. The number of nitrogens with one attached hydrogen (secondary N) is 1.